The fraction of sp³-hybridized carbons (Fsp3) is 0.500. The van der Waals surface area contributed by atoms with Gasteiger partial charge in [-0.1, -0.05) is 0 Å². The maximum Gasteiger partial charge on any atom is 0.145 e. The summed E-state index contributed by atoms with van der Waals surface area (Å²) in [7, 11) is 0. The van der Waals surface area contributed by atoms with E-state index < -0.39 is 0 Å². The van der Waals surface area contributed by atoms with Crippen molar-refractivity contribution in [1.82, 2.24) is 19.6 Å². The molecule has 0 radical (unpaired) electrons. The van der Waals surface area contributed by atoms with E-state index in [0.29, 0.717) is 17.9 Å². The summed E-state index contributed by atoms with van der Waals surface area (Å²) in [5.74, 6) is 0.587. The second kappa shape index (κ2) is 6.77. The minimum absolute atomic E-state index is 0.405. The Hall–Kier alpha value is -1.05. The van der Waals surface area contributed by atoms with Crippen molar-refractivity contribution in [2.45, 2.75) is 39.8 Å². The summed E-state index contributed by atoms with van der Waals surface area (Å²) in [6.45, 7) is 8.35. The van der Waals surface area contributed by atoms with Crippen molar-refractivity contribution in [2.24, 2.45) is 0 Å². The monoisotopic (exact) mass is 361 g/mol. The first-order valence-corrected chi connectivity index (χ1v) is 6.99. The summed E-state index contributed by atoms with van der Waals surface area (Å²) < 4.78 is 4.83. The second-order valence-corrected chi connectivity index (χ2v) is 5.63. The lowest BCUT2D eigenvalue weighted by molar-refractivity contribution is 0.529. The fourth-order valence-electron chi connectivity index (χ4n) is 1.24. The summed E-state index contributed by atoms with van der Waals surface area (Å²) in [4.78, 5) is 0. The van der Waals surface area contributed by atoms with Crippen LogP contribution in [0.5, 0.6) is 0 Å². The van der Waals surface area contributed by atoms with E-state index in [1.165, 1.54) is 0 Å². The number of rotatable bonds is 2. The molecule has 0 amide bonds. The van der Waals surface area contributed by atoms with E-state index in [4.69, 9.17) is 5.73 Å². The molecule has 0 saturated heterocycles. The number of aromatic nitrogens is 4. The number of anilines is 1. The van der Waals surface area contributed by atoms with Gasteiger partial charge in [-0.2, -0.15) is 10.2 Å². The number of halogens is 1. The Labute approximate surface area is 122 Å². The Morgan fingerprint density at radius 3 is 1.72 bits per heavy atom. The molecule has 2 aromatic heterocycles. The van der Waals surface area contributed by atoms with Gasteiger partial charge in [-0.05, 0) is 62.4 Å². The van der Waals surface area contributed by atoms with Gasteiger partial charge in [-0.25, -0.2) is 0 Å². The van der Waals surface area contributed by atoms with Gasteiger partial charge in [0.2, 0.25) is 0 Å². The third kappa shape index (κ3) is 4.67. The van der Waals surface area contributed by atoms with Gasteiger partial charge in [0.25, 0.3) is 0 Å². The molecular formula is C12H20IN5. The molecule has 0 saturated carbocycles. The molecule has 0 aromatic carbocycles. The van der Waals surface area contributed by atoms with Crippen molar-refractivity contribution in [2.75, 3.05) is 5.73 Å². The minimum Gasteiger partial charge on any atom is -0.382 e. The van der Waals surface area contributed by atoms with E-state index in [-0.39, 0.29) is 0 Å². The van der Waals surface area contributed by atoms with Gasteiger partial charge in [0, 0.05) is 24.5 Å². The van der Waals surface area contributed by atoms with Crippen LogP contribution in [-0.4, -0.2) is 19.6 Å². The largest absolute Gasteiger partial charge is 0.382 e. The molecule has 6 heteroatoms. The zero-order chi connectivity index (χ0) is 13.7. The van der Waals surface area contributed by atoms with Crippen molar-refractivity contribution in [3.8, 4) is 0 Å². The number of nitrogen functional groups attached to an aromatic ring is 1. The molecule has 100 valence electrons. The van der Waals surface area contributed by atoms with Crippen LogP contribution in [0.1, 0.15) is 39.8 Å². The molecule has 2 rings (SSSR count). The molecule has 2 heterocycles. The van der Waals surface area contributed by atoms with Gasteiger partial charge in [0.15, 0.2) is 0 Å². The van der Waals surface area contributed by atoms with Gasteiger partial charge in [0.05, 0.1) is 0 Å². The molecule has 0 aliphatic rings. The van der Waals surface area contributed by atoms with Crippen molar-refractivity contribution >= 4 is 28.4 Å². The predicted octanol–water partition coefficient (Wildman–Crippen LogP) is 3.11. The van der Waals surface area contributed by atoms with Crippen LogP contribution in [0, 0.1) is 3.70 Å². The third-order valence-electron chi connectivity index (χ3n) is 2.26. The van der Waals surface area contributed by atoms with Gasteiger partial charge >= 0.3 is 0 Å². The van der Waals surface area contributed by atoms with E-state index in [1.54, 1.807) is 6.07 Å². The maximum atomic E-state index is 5.38. The normalized spacial score (nSPS) is 10.6. The Kier molecular flexibility index (Phi) is 5.64. The molecule has 0 aliphatic heterocycles. The van der Waals surface area contributed by atoms with Crippen molar-refractivity contribution < 1.29 is 0 Å². The summed E-state index contributed by atoms with van der Waals surface area (Å²) >= 11 is 2.20. The smallest absolute Gasteiger partial charge is 0.145 e. The SMILES string of the molecule is CC(C)n1ccc(I)n1.CC(C)n1ccc(N)n1. The highest BCUT2D eigenvalue weighted by Crippen LogP contribution is 2.05. The fourth-order valence-corrected chi connectivity index (χ4v) is 1.65. The van der Waals surface area contributed by atoms with Crippen molar-refractivity contribution in [3.63, 3.8) is 0 Å². The quantitative estimate of drug-likeness (QED) is 0.836. The molecule has 0 aliphatic carbocycles. The Morgan fingerprint density at radius 1 is 1.00 bits per heavy atom. The minimum atomic E-state index is 0.405. The molecule has 0 unspecified atom stereocenters. The molecule has 0 bridgehead atoms. The molecule has 2 aromatic rings. The van der Waals surface area contributed by atoms with Gasteiger partial charge in [-0.3, -0.25) is 9.36 Å². The zero-order valence-electron chi connectivity index (χ0n) is 11.2. The molecule has 18 heavy (non-hydrogen) atoms. The van der Waals surface area contributed by atoms with E-state index >= 15 is 0 Å². The summed E-state index contributed by atoms with van der Waals surface area (Å²) in [6, 6.07) is 4.68. The number of nitrogens with zero attached hydrogens (tertiary/aromatic N) is 4. The van der Waals surface area contributed by atoms with Gasteiger partial charge in [0.1, 0.15) is 9.52 Å². The van der Waals surface area contributed by atoms with Crippen LogP contribution in [0.15, 0.2) is 24.5 Å². The van der Waals surface area contributed by atoms with E-state index in [1.807, 2.05) is 27.8 Å². The lowest BCUT2D eigenvalue weighted by Gasteiger charge is -2.02. The standard InChI is InChI=1S/C6H9IN2.C6H11N3/c2*1-5(2)9-4-3-6(7)8-9/h3-5H,1-2H3;3-5H,1-2H3,(H2,7,8). The zero-order valence-corrected chi connectivity index (χ0v) is 13.4. The molecule has 0 spiro atoms. The average molecular weight is 361 g/mol. The lowest BCUT2D eigenvalue weighted by atomic mass is 10.4. The number of nitrogens with two attached hydrogens (primary N) is 1. The van der Waals surface area contributed by atoms with Crippen LogP contribution in [0.4, 0.5) is 5.82 Å². The highest BCUT2D eigenvalue weighted by Gasteiger charge is 1.97. The van der Waals surface area contributed by atoms with Crippen LogP contribution in [0.25, 0.3) is 0 Å². The van der Waals surface area contributed by atoms with Crippen LogP contribution >= 0.6 is 22.6 Å². The van der Waals surface area contributed by atoms with E-state index in [2.05, 4.69) is 60.5 Å². The van der Waals surface area contributed by atoms with E-state index in [0.717, 1.165) is 3.70 Å². The predicted molar refractivity (Wildman–Crippen MR) is 82.4 cm³/mol. The van der Waals surface area contributed by atoms with Gasteiger partial charge in [-0.15, -0.1) is 0 Å². The van der Waals surface area contributed by atoms with Crippen LogP contribution < -0.4 is 5.73 Å². The highest BCUT2D eigenvalue weighted by atomic mass is 127. The van der Waals surface area contributed by atoms with Crippen molar-refractivity contribution in [1.29, 1.82) is 0 Å². The molecular weight excluding hydrogens is 341 g/mol. The topological polar surface area (TPSA) is 61.7 Å². The maximum absolute atomic E-state index is 5.38. The third-order valence-corrected chi connectivity index (χ3v) is 2.84. The van der Waals surface area contributed by atoms with Gasteiger partial charge < -0.3 is 5.73 Å². The van der Waals surface area contributed by atoms with E-state index in [9.17, 15) is 0 Å². The Balaban J connectivity index is 0.000000180. The molecule has 0 fully saturated rings. The second-order valence-electron chi connectivity index (χ2n) is 4.53. The summed E-state index contributed by atoms with van der Waals surface area (Å²) in [5.41, 5.74) is 5.38. The summed E-state index contributed by atoms with van der Waals surface area (Å²) in [5, 5.41) is 8.22. The number of hydrogen-bond acceptors (Lipinski definition) is 3. The lowest BCUT2D eigenvalue weighted by Crippen LogP contribution is -2.01. The first-order chi connectivity index (χ1) is 8.40. The van der Waals surface area contributed by atoms with Crippen molar-refractivity contribution in [3.05, 3.63) is 28.2 Å². The highest BCUT2D eigenvalue weighted by molar-refractivity contribution is 14.1. The van der Waals surface area contributed by atoms with Crippen LogP contribution in [0.3, 0.4) is 0 Å². The summed E-state index contributed by atoms with van der Waals surface area (Å²) in [6.07, 6.45) is 3.87. The molecule has 0 atom stereocenters. The molecule has 2 N–H and O–H groups in total. The number of hydrogen-bond donors (Lipinski definition) is 1. The first-order valence-electron chi connectivity index (χ1n) is 5.91. The Bertz CT molecular complexity index is 428. The van der Waals surface area contributed by atoms with Crippen LogP contribution in [0.2, 0.25) is 0 Å². The Morgan fingerprint density at radius 2 is 1.50 bits per heavy atom. The van der Waals surface area contributed by atoms with Crippen LogP contribution in [-0.2, 0) is 0 Å². The molecule has 5 nitrogen and oxygen atoms in total. The first kappa shape index (κ1) is 15.0. The average Bonchev–Trinajstić information content (AvgIpc) is 2.88.